The molecule has 0 spiro atoms. The second kappa shape index (κ2) is 6.26. The molecule has 1 aliphatic rings. The molecule has 1 saturated carbocycles. The van der Waals surface area contributed by atoms with Crippen LogP contribution in [0.25, 0.3) is 0 Å². The van der Waals surface area contributed by atoms with E-state index in [1.165, 1.54) is 0 Å². The molecule has 0 radical (unpaired) electrons. The van der Waals surface area contributed by atoms with Gasteiger partial charge >= 0.3 is 0 Å². The van der Waals surface area contributed by atoms with E-state index < -0.39 is 0 Å². The standard InChI is InChI=1S/C16H18N2O2S/c1-12-3-2-4-14(9-12)20-11-16(19)18(13-5-6-13)10-15-17-7-8-21-15/h2-4,7-9,13H,5-6,10-11H2,1H3. The average molecular weight is 302 g/mol. The summed E-state index contributed by atoms with van der Waals surface area (Å²) in [5.41, 5.74) is 1.13. The third-order valence-electron chi connectivity index (χ3n) is 3.45. The lowest BCUT2D eigenvalue weighted by molar-refractivity contribution is -0.134. The van der Waals surface area contributed by atoms with Crippen LogP contribution >= 0.6 is 11.3 Å². The minimum atomic E-state index is 0.0363. The van der Waals surface area contributed by atoms with E-state index >= 15 is 0 Å². The van der Waals surface area contributed by atoms with Crippen molar-refractivity contribution in [3.8, 4) is 5.75 Å². The Hall–Kier alpha value is -1.88. The molecule has 0 unspecified atom stereocenters. The van der Waals surface area contributed by atoms with Crippen LogP contribution < -0.4 is 4.74 Å². The van der Waals surface area contributed by atoms with Crippen molar-refractivity contribution < 1.29 is 9.53 Å². The van der Waals surface area contributed by atoms with Gasteiger partial charge in [-0.2, -0.15) is 0 Å². The third kappa shape index (κ3) is 3.82. The lowest BCUT2D eigenvalue weighted by Crippen LogP contribution is -2.36. The summed E-state index contributed by atoms with van der Waals surface area (Å²) < 4.78 is 5.62. The Morgan fingerprint density at radius 2 is 2.33 bits per heavy atom. The smallest absolute Gasteiger partial charge is 0.261 e. The largest absolute Gasteiger partial charge is 0.484 e. The highest BCUT2D eigenvalue weighted by atomic mass is 32.1. The zero-order chi connectivity index (χ0) is 14.7. The topological polar surface area (TPSA) is 42.4 Å². The molecule has 1 aliphatic carbocycles. The SMILES string of the molecule is Cc1cccc(OCC(=O)N(Cc2nccs2)C2CC2)c1. The lowest BCUT2D eigenvalue weighted by Gasteiger charge is -2.21. The van der Waals surface area contributed by atoms with Crippen LogP contribution in [0, 0.1) is 6.92 Å². The highest BCUT2D eigenvalue weighted by Crippen LogP contribution is 2.29. The van der Waals surface area contributed by atoms with Crippen molar-refractivity contribution >= 4 is 17.2 Å². The van der Waals surface area contributed by atoms with Gasteiger partial charge in [0.15, 0.2) is 6.61 Å². The fourth-order valence-corrected chi connectivity index (χ4v) is 2.83. The van der Waals surface area contributed by atoms with E-state index in [1.54, 1.807) is 17.5 Å². The predicted molar refractivity (Wildman–Crippen MR) is 82.4 cm³/mol. The second-order valence-corrected chi connectivity index (χ2v) is 6.26. The Kier molecular flexibility index (Phi) is 4.20. The first kappa shape index (κ1) is 14.1. The molecule has 2 aromatic rings. The molecule has 3 rings (SSSR count). The fraction of sp³-hybridized carbons (Fsp3) is 0.375. The van der Waals surface area contributed by atoms with E-state index in [0.717, 1.165) is 29.2 Å². The van der Waals surface area contributed by atoms with Gasteiger partial charge in [0.25, 0.3) is 5.91 Å². The van der Waals surface area contributed by atoms with Gasteiger partial charge in [-0.15, -0.1) is 11.3 Å². The van der Waals surface area contributed by atoms with Gasteiger partial charge in [0.1, 0.15) is 10.8 Å². The zero-order valence-electron chi connectivity index (χ0n) is 12.0. The number of hydrogen-bond donors (Lipinski definition) is 0. The minimum Gasteiger partial charge on any atom is -0.484 e. The first-order valence-corrected chi connectivity index (χ1v) is 7.97. The Bertz CT molecular complexity index is 608. The number of benzene rings is 1. The number of nitrogens with zero attached hydrogens (tertiary/aromatic N) is 2. The van der Waals surface area contributed by atoms with Crippen molar-refractivity contribution in [3.63, 3.8) is 0 Å². The number of rotatable bonds is 6. The van der Waals surface area contributed by atoms with Crippen molar-refractivity contribution in [1.29, 1.82) is 0 Å². The first-order valence-electron chi connectivity index (χ1n) is 7.09. The zero-order valence-corrected chi connectivity index (χ0v) is 12.8. The van der Waals surface area contributed by atoms with Gasteiger partial charge in [0.05, 0.1) is 6.54 Å². The molecule has 4 nitrogen and oxygen atoms in total. The van der Waals surface area contributed by atoms with Crippen LogP contribution in [0.1, 0.15) is 23.4 Å². The van der Waals surface area contributed by atoms with Gasteiger partial charge in [-0.25, -0.2) is 4.98 Å². The van der Waals surface area contributed by atoms with Crippen LogP contribution in [0.2, 0.25) is 0 Å². The van der Waals surface area contributed by atoms with Crippen molar-refractivity contribution in [1.82, 2.24) is 9.88 Å². The molecule has 5 heteroatoms. The number of hydrogen-bond acceptors (Lipinski definition) is 4. The monoisotopic (exact) mass is 302 g/mol. The summed E-state index contributed by atoms with van der Waals surface area (Å²) in [6.45, 7) is 2.69. The van der Waals surface area contributed by atoms with Crippen molar-refractivity contribution in [3.05, 3.63) is 46.4 Å². The molecule has 1 fully saturated rings. The molecule has 1 aromatic carbocycles. The van der Waals surface area contributed by atoms with Crippen LogP contribution in [0.15, 0.2) is 35.8 Å². The molecular formula is C16H18N2O2S. The molecule has 21 heavy (non-hydrogen) atoms. The summed E-state index contributed by atoms with van der Waals surface area (Å²) in [4.78, 5) is 18.5. The highest BCUT2D eigenvalue weighted by Gasteiger charge is 2.33. The number of carbonyl (C=O) groups is 1. The summed E-state index contributed by atoms with van der Waals surface area (Å²) in [5.74, 6) is 0.780. The summed E-state index contributed by atoms with van der Waals surface area (Å²) >= 11 is 1.58. The third-order valence-corrected chi connectivity index (χ3v) is 4.21. The number of aryl methyl sites for hydroxylation is 1. The van der Waals surface area contributed by atoms with Gasteiger partial charge in [0, 0.05) is 17.6 Å². The molecule has 0 saturated heterocycles. The lowest BCUT2D eigenvalue weighted by atomic mass is 10.2. The number of amides is 1. The van der Waals surface area contributed by atoms with E-state index in [0.29, 0.717) is 12.6 Å². The van der Waals surface area contributed by atoms with Crippen molar-refractivity contribution in [2.75, 3.05) is 6.61 Å². The van der Waals surface area contributed by atoms with Crippen molar-refractivity contribution in [2.45, 2.75) is 32.4 Å². The Balaban J connectivity index is 1.59. The number of thiazole rings is 1. The maximum atomic E-state index is 12.4. The van der Waals surface area contributed by atoms with Crippen LogP contribution in [0.3, 0.4) is 0 Å². The molecule has 0 aliphatic heterocycles. The molecule has 0 N–H and O–H groups in total. The molecular weight excluding hydrogens is 284 g/mol. The number of carbonyl (C=O) groups excluding carboxylic acids is 1. The Labute approximate surface area is 128 Å². The van der Waals surface area contributed by atoms with Crippen LogP contribution in [0.5, 0.6) is 5.75 Å². The number of ether oxygens (including phenoxy) is 1. The van der Waals surface area contributed by atoms with Crippen LogP contribution in [-0.2, 0) is 11.3 Å². The molecule has 0 atom stereocenters. The van der Waals surface area contributed by atoms with Gasteiger partial charge in [-0.05, 0) is 37.5 Å². The van der Waals surface area contributed by atoms with E-state index in [1.807, 2.05) is 41.5 Å². The summed E-state index contributed by atoms with van der Waals surface area (Å²) in [5, 5.41) is 2.92. The highest BCUT2D eigenvalue weighted by molar-refractivity contribution is 7.09. The predicted octanol–water partition coefficient (Wildman–Crippen LogP) is 3.02. The summed E-state index contributed by atoms with van der Waals surface area (Å²) in [7, 11) is 0. The molecule has 1 aromatic heterocycles. The normalized spacial score (nSPS) is 14.0. The number of aromatic nitrogens is 1. The van der Waals surface area contributed by atoms with E-state index in [-0.39, 0.29) is 12.5 Å². The van der Waals surface area contributed by atoms with Gasteiger partial charge in [-0.1, -0.05) is 12.1 Å². The van der Waals surface area contributed by atoms with Crippen LogP contribution in [0.4, 0.5) is 0 Å². The van der Waals surface area contributed by atoms with Gasteiger partial charge < -0.3 is 9.64 Å². The van der Waals surface area contributed by atoms with E-state index in [9.17, 15) is 4.79 Å². The van der Waals surface area contributed by atoms with Crippen molar-refractivity contribution in [2.24, 2.45) is 0 Å². The minimum absolute atomic E-state index is 0.0363. The maximum absolute atomic E-state index is 12.4. The summed E-state index contributed by atoms with van der Waals surface area (Å²) in [6, 6.07) is 8.12. The maximum Gasteiger partial charge on any atom is 0.261 e. The fourth-order valence-electron chi connectivity index (χ4n) is 2.22. The van der Waals surface area contributed by atoms with Crippen LogP contribution in [-0.4, -0.2) is 28.4 Å². The van der Waals surface area contributed by atoms with Gasteiger partial charge in [0.2, 0.25) is 0 Å². The Morgan fingerprint density at radius 3 is 3.00 bits per heavy atom. The first-order chi connectivity index (χ1) is 10.2. The van der Waals surface area contributed by atoms with E-state index in [4.69, 9.17) is 4.74 Å². The molecule has 0 bridgehead atoms. The quantitative estimate of drug-likeness (QED) is 0.823. The van der Waals surface area contributed by atoms with E-state index in [2.05, 4.69) is 4.98 Å². The second-order valence-electron chi connectivity index (χ2n) is 5.28. The molecule has 110 valence electrons. The molecule has 1 heterocycles. The van der Waals surface area contributed by atoms with Gasteiger partial charge in [-0.3, -0.25) is 4.79 Å². The molecule has 1 amide bonds. The summed E-state index contributed by atoms with van der Waals surface area (Å²) in [6.07, 6.45) is 3.95. The Morgan fingerprint density at radius 1 is 1.48 bits per heavy atom. The average Bonchev–Trinajstić information content (AvgIpc) is 3.19.